The van der Waals surface area contributed by atoms with Gasteiger partial charge < -0.3 is 5.32 Å². The van der Waals surface area contributed by atoms with E-state index in [-0.39, 0.29) is 0 Å². The van der Waals surface area contributed by atoms with Crippen molar-refractivity contribution < 1.29 is 0 Å². The summed E-state index contributed by atoms with van der Waals surface area (Å²) < 4.78 is 0. The van der Waals surface area contributed by atoms with E-state index in [1.807, 2.05) is 0 Å². The van der Waals surface area contributed by atoms with E-state index >= 15 is 0 Å². The van der Waals surface area contributed by atoms with Gasteiger partial charge in [0.05, 0.1) is 0 Å². The number of hydrogen-bond donors (Lipinski definition) is 1. The summed E-state index contributed by atoms with van der Waals surface area (Å²) in [4.78, 5) is 2.88. The topological polar surface area (TPSA) is 15.3 Å². The van der Waals surface area contributed by atoms with Crippen molar-refractivity contribution in [2.75, 3.05) is 24.6 Å². The van der Waals surface area contributed by atoms with Crippen LogP contribution in [0.4, 0.5) is 0 Å². The molecule has 3 heteroatoms. The molecular weight excluding hydrogens is 240 g/mol. The van der Waals surface area contributed by atoms with Gasteiger partial charge >= 0.3 is 0 Å². The molecule has 1 N–H and O–H groups in total. The van der Waals surface area contributed by atoms with Crippen LogP contribution < -0.4 is 5.32 Å². The van der Waals surface area contributed by atoms with Gasteiger partial charge in [-0.05, 0) is 56.4 Å². The number of hydrogen-bond acceptors (Lipinski definition) is 3. The van der Waals surface area contributed by atoms with E-state index in [1.165, 1.54) is 56.7 Å². The van der Waals surface area contributed by atoms with Crippen LogP contribution in [0.15, 0.2) is 0 Å². The Bertz CT molecular complexity index is 286. The Morgan fingerprint density at radius 2 is 2.11 bits per heavy atom. The fraction of sp³-hybridized carbons (Fsp3) is 1.00. The van der Waals surface area contributed by atoms with Gasteiger partial charge in [0.1, 0.15) is 0 Å². The average molecular weight is 268 g/mol. The van der Waals surface area contributed by atoms with Crippen molar-refractivity contribution in [3.63, 3.8) is 0 Å². The predicted octanol–water partition coefficient (Wildman–Crippen LogP) is 2.73. The lowest BCUT2D eigenvalue weighted by Crippen LogP contribution is -2.55. The third kappa shape index (κ3) is 2.46. The van der Waals surface area contributed by atoms with Gasteiger partial charge in [-0.15, -0.1) is 0 Å². The second kappa shape index (κ2) is 5.34. The summed E-state index contributed by atoms with van der Waals surface area (Å²) in [6, 6.07) is 2.43. The second-order valence-electron chi connectivity index (χ2n) is 6.98. The van der Waals surface area contributed by atoms with E-state index in [0.717, 1.165) is 18.1 Å². The van der Waals surface area contributed by atoms with Crippen molar-refractivity contribution in [1.82, 2.24) is 10.2 Å². The maximum Gasteiger partial charge on any atom is 0.0253 e. The zero-order chi connectivity index (χ0) is 12.6. The van der Waals surface area contributed by atoms with Gasteiger partial charge in [0.25, 0.3) is 0 Å². The maximum absolute atomic E-state index is 3.75. The standard InChI is InChI=1S/C15H28N2S/c1-15(2)7-10-18-11-14(15)17-9-4-6-13(17)12-5-3-8-16-12/h12-14,16H,3-11H2,1-2H3. The summed E-state index contributed by atoms with van der Waals surface area (Å²) in [6.45, 7) is 7.58. The van der Waals surface area contributed by atoms with E-state index in [0.29, 0.717) is 5.41 Å². The SMILES string of the molecule is CC1(C)CCSCC1N1CCCC1C1CCCN1. The van der Waals surface area contributed by atoms with E-state index in [9.17, 15) is 0 Å². The monoisotopic (exact) mass is 268 g/mol. The molecule has 0 aliphatic carbocycles. The predicted molar refractivity (Wildman–Crippen MR) is 80.3 cm³/mol. The fourth-order valence-electron chi connectivity index (χ4n) is 4.14. The highest BCUT2D eigenvalue weighted by Crippen LogP contribution is 2.41. The molecule has 0 spiro atoms. The van der Waals surface area contributed by atoms with Gasteiger partial charge in [-0.1, -0.05) is 13.8 Å². The lowest BCUT2D eigenvalue weighted by molar-refractivity contribution is 0.0733. The van der Waals surface area contributed by atoms with Gasteiger partial charge in [0.2, 0.25) is 0 Å². The van der Waals surface area contributed by atoms with Crippen LogP contribution in [-0.4, -0.2) is 47.6 Å². The molecule has 0 radical (unpaired) electrons. The molecule has 3 saturated heterocycles. The molecule has 104 valence electrons. The summed E-state index contributed by atoms with van der Waals surface area (Å²) in [5, 5.41) is 3.75. The minimum Gasteiger partial charge on any atom is -0.312 e. The van der Waals surface area contributed by atoms with Gasteiger partial charge in [0.15, 0.2) is 0 Å². The van der Waals surface area contributed by atoms with E-state index in [1.54, 1.807) is 0 Å². The molecule has 0 saturated carbocycles. The number of thioether (sulfide) groups is 1. The average Bonchev–Trinajstić information content (AvgIpc) is 2.98. The number of nitrogens with one attached hydrogen (secondary N) is 1. The fourth-order valence-corrected chi connectivity index (χ4v) is 5.84. The summed E-state index contributed by atoms with van der Waals surface area (Å²) in [6.07, 6.45) is 7.03. The zero-order valence-corrected chi connectivity index (χ0v) is 12.8. The maximum atomic E-state index is 3.75. The first-order chi connectivity index (χ1) is 8.68. The molecule has 2 nitrogen and oxygen atoms in total. The molecule has 3 unspecified atom stereocenters. The largest absolute Gasteiger partial charge is 0.312 e. The first-order valence-electron chi connectivity index (χ1n) is 7.75. The summed E-state index contributed by atoms with van der Waals surface area (Å²) in [7, 11) is 0. The van der Waals surface area contributed by atoms with Crippen LogP contribution in [0.1, 0.15) is 46.0 Å². The Labute approximate surface area is 116 Å². The quantitative estimate of drug-likeness (QED) is 0.829. The third-order valence-corrected chi connectivity index (χ3v) is 6.42. The van der Waals surface area contributed by atoms with Crippen molar-refractivity contribution in [1.29, 1.82) is 0 Å². The van der Waals surface area contributed by atoms with Gasteiger partial charge in [0, 0.05) is 23.9 Å². The Morgan fingerprint density at radius 1 is 1.22 bits per heavy atom. The first-order valence-corrected chi connectivity index (χ1v) is 8.91. The number of likely N-dealkylation sites (tertiary alicyclic amines) is 1. The number of nitrogens with zero attached hydrogens (tertiary/aromatic N) is 1. The Balaban J connectivity index is 1.73. The van der Waals surface area contributed by atoms with Crippen LogP contribution >= 0.6 is 11.8 Å². The lowest BCUT2D eigenvalue weighted by atomic mass is 9.80. The van der Waals surface area contributed by atoms with E-state index < -0.39 is 0 Å². The van der Waals surface area contributed by atoms with Crippen LogP contribution in [0.3, 0.4) is 0 Å². The van der Waals surface area contributed by atoms with E-state index in [4.69, 9.17) is 0 Å². The van der Waals surface area contributed by atoms with Gasteiger partial charge in [-0.2, -0.15) is 11.8 Å². The van der Waals surface area contributed by atoms with Crippen LogP contribution in [0.2, 0.25) is 0 Å². The highest BCUT2D eigenvalue weighted by Gasteiger charge is 2.43. The molecule has 3 heterocycles. The van der Waals surface area contributed by atoms with Crippen LogP contribution in [0.25, 0.3) is 0 Å². The minimum absolute atomic E-state index is 0.520. The van der Waals surface area contributed by atoms with Crippen molar-refractivity contribution in [3.05, 3.63) is 0 Å². The molecule has 0 amide bonds. The van der Waals surface area contributed by atoms with Crippen molar-refractivity contribution in [3.8, 4) is 0 Å². The highest BCUT2D eigenvalue weighted by atomic mass is 32.2. The summed E-state index contributed by atoms with van der Waals surface area (Å²) in [5.41, 5.74) is 0.520. The second-order valence-corrected chi connectivity index (χ2v) is 8.13. The summed E-state index contributed by atoms with van der Waals surface area (Å²) >= 11 is 2.17. The third-order valence-electron chi connectivity index (χ3n) is 5.37. The van der Waals surface area contributed by atoms with Crippen LogP contribution in [0, 0.1) is 5.41 Å². The van der Waals surface area contributed by atoms with Crippen LogP contribution in [0.5, 0.6) is 0 Å². The molecule has 3 fully saturated rings. The molecule has 18 heavy (non-hydrogen) atoms. The van der Waals surface area contributed by atoms with Crippen LogP contribution in [-0.2, 0) is 0 Å². The normalized spacial score (nSPS) is 41.3. The Hall–Kier alpha value is 0.270. The van der Waals surface area contributed by atoms with Crippen molar-refractivity contribution in [2.45, 2.75) is 64.1 Å². The molecule has 3 aliphatic heterocycles. The minimum atomic E-state index is 0.520. The van der Waals surface area contributed by atoms with E-state index in [2.05, 4.69) is 35.8 Å². The summed E-state index contributed by atoms with van der Waals surface area (Å²) in [5.74, 6) is 2.72. The first kappa shape index (κ1) is 13.3. The molecule has 0 aromatic carbocycles. The molecule has 3 aliphatic rings. The molecule has 0 aromatic rings. The van der Waals surface area contributed by atoms with Crippen molar-refractivity contribution in [2.24, 2.45) is 5.41 Å². The molecular formula is C15H28N2S. The Kier molecular flexibility index (Phi) is 3.93. The smallest absolute Gasteiger partial charge is 0.0253 e. The number of rotatable bonds is 2. The Morgan fingerprint density at radius 3 is 2.83 bits per heavy atom. The molecule has 0 bridgehead atoms. The highest BCUT2D eigenvalue weighted by molar-refractivity contribution is 7.99. The zero-order valence-electron chi connectivity index (χ0n) is 12.0. The molecule has 0 aromatic heterocycles. The van der Waals surface area contributed by atoms with Gasteiger partial charge in [-0.3, -0.25) is 4.90 Å². The molecule has 3 atom stereocenters. The lowest BCUT2D eigenvalue weighted by Gasteiger charge is -2.47. The molecule has 3 rings (SSSR count). The van der Waals surface area contributed by atoms with Gasteiger partial charge in [-0.25, -0.2) is 0 Å². The van der Waals surface area contributed by atoms with Crippen molar-refractivity contribution >= 4 is 11.8 Å².